The van der Waals surface area contributed by atoms with Gasteiger partial charge in [0.1, 0.15) is 18.1 Å². The van der Waals surface area contributed by atoms with Crippen molar-refractivity contribution in [2.75, 3.05) is 39.6 Å². The highest BCUT2D eigenvalue weighted by atomic mass is 127. The van der Waals surface area contributed by atoms with Crippen LogP contribution in [-0.2, 0) is 19.0 Å². The molecule has 0 aliphatic rings. The number of phenolic OH excluding ortho intramolecular Hbond substituents is 1. The third kappa shape index (κ3) is 9.80. The van der Waals surface area contributed by atoms with Crippen LogP contribution in [0, 0.1) is 14.3 Å². The number of halogens is 4. The first kappa shape index (κ1) is 29.7. The molecule has 0 fully saturated rings. The number of aromatic hydroxyl groups is 1. The number of carbonyl (C=O) groups is 1. The molecule has 0 amide bonds. The Morgan fingerprint density at radius 3 is 1.94 bits per heavy atom. The van der Waals surface area contributed by atoms with E-state index in [9.17, 15) is 9.90 Å². The van der Waals surface area contributed by atoms with Gasteiger partial charge >= 0.3 is 0 Å². The molecular weight excluding hydrogens is 882 g/mol. The van der Waals surface area contributed by atoms with Crippen molar-refractivity contribution in [2.45, 2.75) is 19.4 Å². The minimum Gasteiger partial charge on any atom is -0.506 e. The van der Waals surface area contributed by atoms with Crippen LogP contribution in [0.15, 0.2) is 24.3 Å². The molecule has 0 saturated heterocycles. The lowest BCUT2D eigenvalue weighted by atomic mass is 10.0. The van der Waals surface area contributed by atoms with Crippen molar-refractivity contribution in [1.29, 1.82) is 0 Å². The lowest BCUT2D eigenvalue weighted by Crippen LogP contribution is -2.26. The van der Waals surface area contributed by atoms with E-state index in [1.807, 2.05) is 12.1 Å². The second-order valence-corrected chi connectivity index (χ2v) is 11.5. The average molecular weight is 907 g/mol. The molecule has 1 unspecified atom stereocenters. The van der Waals surface area contributed by atoms with Gasteiger partial charge in [0.2, 0.25) is 0 Å². The zero-order chi connectivity index (χ0) is 24.4. The summed E-state index contributed by atoms with van der Waals surface area (Å²) in [6, 6.07) is 6.44. The Morgan fingerprint density at radius 1 is 0.879 bits per heavy atom. The molecule has 3 N–H and O–H groups in total. The van der Waals surface area contributed by atoms with Crippen LogP contribution in [0.1, 0.15) is 24.9 Å². The summed E-state index contributed by atoms with van der Waals surface area (Å²) >= 11 is 8.46. The molecule has 0 aromatic heterocycles. The molecule has 11 heteroatoms. The summed E-state index contributed by atoms with van der Waals surface area (Å²) in [7, 11) is 0. The lowest BCUT2D eigenvalue weighted by Gasteiger charge is -2.16. The van der Waals surface area contributed by atoms with E-state index in [-0.39, 0.29) is 18.1 Å². The smallest absolute Gasteiger partial charge is 0.179 e. The van der Waals surface area contributed by atoms with Crippen molar-refractivity contribution in [3.05, 3.63) is 44.1 Å². The zero-order valence-electron chi connectivity index (χ0n) is 17.9. The molecule has 182 valence electrons. The average Bonchev–Trinajstić information content (AvgIpc) is 2.77. The maximum atomic E-state index is 12.5. The van der Waals surface area contributed by atoms with E-state index in [1.165, 1.54) is 0 Å². The van der Waals surface area contributed by atoms with E-state index < -0.39 is 6.04 Å². The topological polar surface area (TPSA) is 100 Å². The molecule has 0 heterocycles. The number of benzene rings is 2. The van der Waals surface area contributed by atoms with Crippen LogP contribution < -0.4 is 10.5 Å². The van der Waals surface area contributed by atoms with Gasteiger partial charge in [-0.2, -0.15) is 0 Å². The van der Waals surface area contributed by atoms with E-state index >= 15 is 0 Å². The molecule has 0 saturated carbocycles. The van der Waals surface area contributed by atoms with Gasteiger partial charge in [-0.1, -0.05) is 6.92 Å². The number of Topliss-reactive ketones (excluding diaryl/α,β-unsaturated/α-hetero) is 1. The first-order valence-electron chi connectivity index (χ1n) is 10.1. The summed E-state index contributed by atoms with van der Waals surface area (Å²) in [5.41, 5.74) is 6.89. The van der Waals surface area contributed by atoms with Crippen LogP contribution in [0.25, 0.3) is 0 Å². The highest BCUT2D eigenvalue weighted by Crippen LogP contribution is 2.37. The summed E-state index contributed by atoms with van der Waals surface area (Å²) in [6.45, 7) is 4.48. The van der Waals surface area contributed by atoms with Gasteiger partial charge in [0, 0.05) is 6.61 Å². The molecule has 1 atom stereocenters. The van der Waals surface area contributed by atoms with Crippen LogP contribution in [-0.4, -0.2) is 50.5 Å². The van der Waals surface area contributed by atoms with E-state index in [0.29, 0.717) is 50.6 Å². The van der Waals surface area contributed by atoms with Gasteiger partial charge in [0.25, 0.3) is 0 Å². The Labute approximate surface area is 248 Å². The van der Waals surface area contributed by atoms with Gasteiger partial charge in [-0.3, -0.25) is 4.79 Å². The van der Waals surface area contributed by atoms with Crippen molar-refractivity contribution in [2.24, 2.45) is 5.73 Å². The van der Waals surface area contributed by atoms with Crippen LogP contribution in [0.2, 0.25) is 0 Å². The summed E-state index contributed by atoms with van der Waals surface area (Å²) in [5, 5.41) is 9.96. The van der Waals surface area contributed by atoms with Gasteiger partial charge in [0.05, 0.1) is 46.8 Å². The number of phenols is 1. The van der Waals surface area contributed by atoms with Crippen molar-refractivity contribution >= 4 is 96.1 Å². The normalized spacial score (nSPS) is 12.1. The molecule has 0 spiro atoms. The fourth-order valence-corrected chi connectivity index (χ4v) is 6.36. The lowest BCUT2D eigenvalue weighted by molar-refractivity contribution is -0.125. The predicted molar refractivity (Wildman–Crippen MR) is 160 cm³/mol. The molecule has 2 aromatic carbocycles. The Bertz CT molecular complexity index is 897. The van der Waals surface area contributed by atoms with E-state index in [1.54, 1.807) is 12.1 Å². The quantitative estimate of drug-likeness (QED) is 0.188. The Hall–Kier alpha value is 0.470. The Morgan fingerprint density at radius 2 is 1.39 bits per heavy atom. The van der Waals surface area contributed by atoms with Crippen molar-refractivity contribution in [1.82, 2.24) is 0 Å². The molecule has 2 aromatic rings. The standard InChI is InChI=1S/C22H25I4NO6/c1-2-3-30-4-5-31-6-7-32-12-19(28)20(27)13-8-17(25)22(18(26)9-13)33-14-10-15(23)21(29)16(24)11-14/h8-11,20,29H,2-7,12,27H2,1H3. The monoisotopic (exact) mass is 907 g/mol. The van der Waals surface area contributed by atoms with Crippen molar-refractivity contribution < 1.29 is 28.8 Å². The first-order chi connectivity index (χ1) is 15.7. The number of carbonyl (C=O) groups excluding carboxylic acids is 1. The number of ether oxygens (including phenoxy) is 4. The summed E-state index contributed by atoms with van der Waals surface area (Å²) in [5.74, 6) is 1.33. The number of rotatable bonds is 14. The van der Waals surface area contributed by atoms with E-state index in [2.05, 4.69) is 97.3 Å². The predicted octanol–water partition coefficient (Wildman–Crippen LogP) is 5.63. The first-order valence-corrected chi connectivity index (χ1v) is 14.4. The third-order valence-corrected chi connectivity index (χ3v) is 7.52. The summed E-state index contributed by atoms with van der Waals surface area (Å²) in [4.78, 5) is 12.5. The van der Waals surface area contributed by atoms with Gasteiger partial charge in [-0.25, -0.2) is 0 Å². The minimum atomic E-state index is -0.792. The molecule has 2 rings (SSSR count). The molecule has 0 aliphatic heterocycles. The Balaban J connectivity index is 1.89. The summed E-state index contributed by atoms with van der Waals surface area (Å²) < 4.78 is 25.3. The maximum absolute atomic E-state index is 12.5. The van der Waals surface area contributed by atoms with Gasteiger partial charge < -0.3 is 29.8 Å². The highest BCUT2D eigenvalue weighted by molar-refractivity contribution is 14.1. The number of nitrogens with two attached hydrogens (primary N) is 1. The SMILES string of the molecule is CCCOCCOCCOCC(=O)C(N)c1cc(I)c(Oc2cc(I)c(O)c(I)c2)c(I)c1. The highest BCUT2D eigenvalue weighted by Gasteiger charge is 2.20. The molecule has 0 aliphatic carbocycles. The third-order valence-electron chi connectivity index (χ3n) is 4.27. The van der Waals surface area contributed by atoms with Crippen LogP contribution in [0.5, 0.6) is 17.2 Å². The maximum Gasteiger partial charge on any atom is 0.179 e. The largest absolute Gasteiger partial charge is 0.506 e. The fraction of sp³-hybridized carbons (Fsp3) is 0.409. The second-order valence-electron chi connectivity index (χ2n) is 6.87. The van der Waals surface area contributed by atoms with Crippen molar-refractivity contribution in [3.63, 3.8) is 0 Å². The van der Waals surface area contributed by atoms with Gasteiger partial charge in [-0.05, 0) is 127 Å². The van der Waals surface area contributed by atoms with Crippen LogP contribution in [0.3, 0.4) is 0 Å². The summed E-state index contributed by atoms with van der Waals surface area (Å²) in [6.07, 6.45) is 0.983. The second kappa shape index (κ2) is 15.6. The number of ketones is 1. The molecule has 33 heavy (non-hydrogen) atoms. The fourth-order valence-electron chi connectivity index (χ4n) is 2.61. The zero-order valence-corrected chi connectivity index (χ0v) is 26.5. The molecule has 0 radical (unpaired) electrons. The van der Waals surface area contributed by atoms with Crippen LogP contribution in [0.4, 0.5) is 0 Å². The Kier molecular flexibility index (Phi) is 14.0. The van der Waals surface area contributed by atoms with Gasteiger partial charge in [-0.15, -0.1) is 0 Å². The van der Waals surface area contributed by atoms with E-state index in [0.717, 1.165) is 20.2 Å². The number of hydrogen-bond donors (Lipinski definition) is 2. The van der Waals surface area contributed by atoms with Crippen molar-refractivity contribution in [3.8, 4) is 17.2 Å². The molecule has 0 bridgehead atoms. The molecule has 7 nitrogen and oxygen atoms in total. The van der Waals surface area contributed by atoms with Crippen LogP contribution >= 0.6 is 90.4 Å². The van der Waals surface area contributed by atoms with E-state index in [4.69, 9.17) is 24.7 Å². The minimum absolute atomic E-state index is 0.0767. The van der Waals surface area contributed by atoms with Gasteiger partial charge in [0.15, 0.2) is 11.5 Å². The molecular formula is C22H25I4NO6. The number of hydrogen-bond acceptors (Lipinski definition) is 7.